The first-order valence-electron chi connectivity index (χ1n) is 7.23. The SMILES string of the molecule is CC(C(=O)N1CCCCCC1)N1CCCC(=O)C1. The number of Topliss-reactive ketones (excluding diaryl/α,β-unsaturated/α-hetero) is 1. The molecule has 1 amide bonds. The maximum Gasteiger partial charge on any atom is 0.239 e. The molecule has 0 radical (unpaired) electrons. The number of carbonyl (C=O) groups excluding carboxylic acids is 2. The minimum atomic E-state index is -0.132. The zero-order chi connectivity index (χ0) is 13.0. The van der Waals surface area contributed by atoms with E-state index in [2.05, 4.69) is 0 Å². The monoisotopic (exact) mass is 252 g/mol. The quantitative estimate of drug-likeness (QED) is 0.746. The van der Waals surface area contributed by atoms with Crippen LogP contribution in [0.25, 0.3) is 0 Å². The molecule has 102 valence electrons. The molecule has 2 heterocycles. The minimum absolute atomic E-state index is 0.132. The van der Waals surface area contributed by atoms with E-state index in [1.165, 1.54) is 12.8 Å². The summed E-state index contributed by atoms with van der Waals surface area (Å²) in [6.45, 7) is 5.08. The van der Waals surface area contributed by atoms with Crippen molar-refractivity contribution >= 4 is 11.7 Å². The summed E-state index contributed by atoms with van der Waals surface area (Å²) in [6, 6.07) is -0.132. The van der Waals surface area contributed by atoms with Gasteiger partial charge in [-0.15, -0.1) is 0 Å². The highest BCUT2D eigenvalue weighted by atomic mass is 16.2. The number of hydrogen-bond acceptors (Lipinski definition) is 3. The van der Waals surface area contributed by atoms with Crippen LogP contribution in [0.2, 0.25) is 0 Å². The fourth-order valence-corrected chi connectivity index (χ4v) is 2.91. The van der Waals surface area contributed by atoms with Gasteiger partial charge in [-0.25, -0.2) is 0 Å². The van der Waals surface area contributed by atoms with Crippen molar-refractivity contribution in [3.05, 3.63) is 0 Å². The number of likely N-dealkylation sites (tertiary alicyclic amines) is 2. The Morgan fingerprint density at radius 1 is 1.06 bits per heavy atom. The smallest absolute Gasteiger partial charge is 0.239 e. The molecule has 0 N–H and O–H groups in total. The van der Waals surface area contributed by atoms with Gasteiger partial charge in [0.2, 0.25) is 5.91 Å². The molecule has 2 aliphatic heterocycles. The van der Waals surface area contributed by atoms with Crippen molar-refractivity contribution in [3.63, 3.8) is 0 Å². The van der Waals surface area contributed by atoms with Crippen LogP contribution in [0, 0.1) is 0 Å². The molecular formula is C14H24N2O2. The van der Waals surface area contributed by atoms with E-state index in [9.17, 15) is 9.59 Å². The van der Waals surface area contributed by atoms with Crippen LogP contribution in [-0.2, 0) is 9.59 Å². The first kappa shape index (κ1) is 13.5. The predicted molar refractivity (Wildman–Crippen MR) is 70.3 cm³/mol. The number of carbonyl (C=O) groups is 2. The van der Waals surface area contributed by atoms with Gasteiger partial charge in [0.05, 0.1) is 12.6 Å². The van der Waals surface area contributed by atoms with E-state index in [4.69, 9.17) is 0 Å². The topological polar surface area (TPSA) is 40.6 Å². The number of nitrogens with zero attached hydrogens (tertiary/aromatic N) is 2. The van der Waals surface area contributed by atoms with Gasteiger partial charge < -0.3 is 4.90 Å². The fraction of sp³-hybridized carbons (Fsp3) is 0.857. The molecule has 0 spiro atoms. The molecule has 0 aromatic heterocycles. The highest BCUT2D eigenvalue weighted by molar-refractivity contribution is 5.84. The van der Waals surface area contributed by atoms with Gasteiger partial charge in [-0.1, -0.05) is 12.8 Å². The first-order chi connectivity index (χ1) is 8.68. The second-order valence-corrected chi connectivity index (χ2v) is 5.53. The van der Waals surface area contributed by atoms with Gasteiger partial charge >= 0.3 is 0 Å². The zero-order valence-corrected chi connectivity index (χ0v) is 11.4. The molecule has 2 rings (SSSR count). The summed E-state index contributed by atoms with van der Waals surface area (Å²) in [6.07, 6.45) is 6.30. The molecule has 0 aromatic carbocycles. The lowest BCUT2D eigenvalue weighted by atomic mass is 10.1. The van der Waals surface area contributed by atoms with Gasteiger partial charge in [0.25, 0.3) is 0 Å². The summed E-state index contributed by atoms with van der Waals surface area (Å²) in [5.74, 6) is 0.489. The van der Waals surface area contributed by atoms with Crippen LogP contribution in [0.3, 0.4) is 0 Å². The van der Waals surface area contributed by atoms with E-state index in [0.29, 0.717) is 13.0 Å². The van der Waals surface area contributed by atoms with Crippen molar-refractivity contribution < 1.29 is 9.59 Å². The zero-order valence-electron chi connectivity index (χ0n) is 11.4. The first-order valence-corrected chi connectivity index (χ1v) is 7.23. The van der Waals surface area contributed by atoms with Crippen molar-refractivity contribution in [2.24, 2.45) is 0 Å². The average molecular weight is 252 g/mol. The minimum Gasteiger partial charge on any atom is -0.341 e. The third-order valence-corrected chi connectivity index (χ3v) is 4.10. The van der Waals surface area contributed by atoms with Crippen LogP contribution in [0.5, 0.6) is 0 Å². The molecule has 1 unspecified atom stereocenters. The summed E-state index contributed by atoms with van der Waals surface area (Å²) in [7, 11) is 0. The summed E-state index contributed by atoms with van der Waals surface area (Å²) in [4.78, 5) is 27.9. The highest BCUT2D eigenvalue weighted by Crippen LogP contribution is 2.15. The molecule has 4 heteroatoms. The van der Waals surface area contributed by atoms with Crippen LogP contribution >= 0.6 is 0 Å². The predicted octanol–water partition coefficient (Wildman–Crippen LogP) is 1.44. The molecule has 2 aliphatic rings. The molecule has 18 heavy (non-hydrogen) atoms. The third-order valence-electron chi connectivity index (χ3n) is 4.10. The number of amides is 1. The van der Waals surface area contributed by atoms with Crippen LogP contribution in [0.1, 0.15) is 45.4 Å². The molecule has 0 saturated carbocycles. The van der Waals surface area contributed by atoms with Gasteiger partial charge in [0, 0.05) is 19.5 Å². The van der Waals surface area contributed by atoms with Crippen molar-refractivity contribution in [2.75, 3.05) is 26.2 Å². The number of hydrogen-bond donors (Lipinski definition) is 0. The lowest BCUT2D eigenvalue weighted by molar-refractivity contribution is -0.138. The third kappa shape index (κ3) is 3.31. The van der Waals surface area contributed by atoms with E-state index in [-0.39, 0.29) is 17.7 Å². The van der Waals surface area contributed by atoms with Crippen LogP contribution in [0.15, 0.2) is 0 Å². The van der Waals surface area contributed by atoms with Gasteiger partial charge in [-0.3, -0.25) is 14.5 Å². The normalized spacial score (nSPS) is 24.7. The molecular weight excluding hydrogens is 228 g/mol. The Hall–Kier alpha value is -0.900. The van der Waals surface area contributed by atoms with Gasteiger partial charge in [0.1, 0.15) is 5.78 Å². The maximum absolute atomic E-state index is 12.4. The molecule has 1 atom stereocenters. The molecule has 4 nitrogen and oxygen atoms in total. The average Bonchev–Trinajstić information content (AvgIpc) is 2.66. The van der Waals surface area contributed by atoms with Gasteiger partial charge in [-0.05, 0) is 32.7 Å². The fourth-order valence-electron chi connectivity index (χ4n) is 2.91. The summed E-state index contributed by atoms with van der Waals surface area (Å²) in [5, 5.41) is 0. The van der Waals surface area contributed by atoms with Crippen molar-refractivity contribution in [3.8, 4) is 0 Å². The summed E-state index contributed by atoms with van der Waals surface area (Å²) >= 11 is 0. The van der Waals surface area contributed by atoms with E-state index in [0.717, 1.165) is 38.9 Å². The summed E-state index contributed by atoms with van der Waals surface area (Å²) < 4.78 is 0. The molecule has 2 saturated heterocycles. The second kappa shape index (κ2) is 6.32. The molecule has 0 aromatic rings. The van der Waals surface area contributed by atoms with Gasteiger partial charge in [-0.2, -0.15) is 0 Å². The van der Waals surface area contributed by atoms with E-state index in [1.807, 2.05) is 16.7 Å². The van der Waals surface area contributed by atoms with Crippen LogP contribution in [0.4, 0.5) is 0 Å². The molecule has 2 fully saturated rings. The van der Waals surface area contributed by atoms with Crippen molar-refractivity contribution in [2.45, 2.75) is 51.5 Å². The lowest BCUT2D eigenvalue weighted by Crippen LogP contribution is -2.50. The largest absolute Gasteiger partial charge is 0.341 e. The Bertz CT molecular complexity index is 309. The Labute approximate surface area is 109 Å². The standard InChI is InChI=1S/C14H24N2O2/c1-12(16-10-6-7-13(17)11-16)14(18)15-8-4-2-3-5-9-15/h12H,2-11H2,1H3. The number of rotatable bonds is 2. The number of piperidine rings is 1. The Balaban J connectivity index is 1.92. The van der Waals surface area contributed by atoms with Crippen molar-refractivity contribution in [1.29, 1.82) is 0 Å². The Kier molecular flexibility index (Phi) is 4.75. The van der Waals surface area contributed by atoms with Gasteiger partial charge in [0.15, 0.2) is 0 Å². The van der Waals surface area contributed by atoms with E-state index >= 15 is 0 Å². The maximum atomic E-state index is 12.4. The van der Waals surface area contributed by atoms with E-state index < -0.39 is 0 Å². The Morgan fingerprint density at radius 2 is 1.72 bits per heavy atom. The van der Waals surface area contributed by atoms with Crippen LogP contribution < -0.4 is 0 Å². The summed E-state index contributed by atoms with van der Waals surface area (Å²) in [5.41, 5.74) is 0. The van der Waals surface area contributed by atoms with E-state index in [1.54, 1.807) is 0 Å². The second-order valence-electron chi connectivity index (χ2n) is 5.53. The molecule has 0 aliphatic carbocycles. The highest BCUT2D eigenvalue weighted by Gasteiger charge is 2.29. The van der Waals surface area contributed by atoms with Crippen molar-refractivity contribution in [1.82, 2.24) is 9.80 Å². The lowest BCUT2D eigenvalue weighted by Gasteiger charge is -2.33. The Morgan fingerprint density at radius 3 is 2.33 bits per heavy atom. The van der Waals surface area contributed by atoms with Crippen LogP contribution in [-0.4, -0.2) is 53.7 Å². The molecule has 0 bridgehead atoms. The number of ketones is 1.